The van der Waals surface area contributed by atoms with Crippen LogP contribution in [0, 0.1) is 0 Å². The van der Waals surface area contributed by atoms with Crippen LogP contribution in [0.1, 0.15) is 24.7 Å². The molecule has 1 saturated carbocycles. The third-order valence-electron chi connectivity index (χ3n) is 1.38. The fraction of sp³-hybridized carbons (Fsp3) is 0.600. The number of H-pyrrole nitrogens is 1. The molecule has 1 N–H and O–H groups in total. The Morgan fingerprint density at radius 1 is 1.67 bits per heavy atom. The molecular weight excluding hydrogens is 120 g/mol. The molecule has 1 fully saturated rings. The Kier molecular flexibility index (Phi) is 0.777. The molecule has 0 bridgehead atoms. The van der Waals surface area contributed by atoms with Crippen molar-refractivity contribution >= 4 is 0 Å². The molecule has 0 atom stereocenters. The zero-order valence-electron chi connectivity index (χ0n) is 4.76. The highest BCUT2D eigenvalue weighted by molar-refractivity contribution is 4.98. The maximum absolute atomic E-state index is 10.4. The summed E-state index contributed by atoms with van der Waals surface area (Å²) in [6.45, 7) is 0. The average Bonchev–Trinajstić information content (AvgIpc) is 2.58. The maximum atomic E-state index is 10.4. The molecule has 0 spiro atoms. The molecule has 1 aliphatic carbocycles. The first-order chi connectivity index (χ1) is 4.36. The lowest BCUT2D eigenvalue weighted by molar-refractivity contribution is 0.375. The fourth-order valence-corrected chi connectivity index (χ4v) is 0.747. The lowest BCUT2D eigenvalue weighted by Gasteiger charge is -1.78. The Hall–Kier alpha value is -1.06. The average molecular weight is 126 g/mol. The van der Waals surface area contributed by atoms with Gasteiger partial charge in [-0.3, -0.25) is 0 Å². The van der Waals surface area contributed by atoms with Gasteiger partial charge in [0, 0.05) is 5.92 Å². The van der Waals surface area contributed by atoms with Gasteiger partial charge in [0.25, 0.3) is 0 Å². The molecule has 0 unspecified atom stereocenters. The molecule has 1 heterocycles. The lowest BCUT2D eigenvalue weighted by atomic mass is 10.4. The molecule has 0 amide bonds. The molecular formula is C5H6N2O2. The molecule has 4 nitrogen and oxygen atoms in total. The third-order valence-corrected chi connectivity index (χ3v) is 1.38. The Balaban J connectivity index is 2.38. The van der Waals surface area contributed by atoms with Gasteiger partial charge in [0.05, 0.1) is 0 Å². The lowest BCUT2D eigenvalue weighted by Crippen LogP contribution is -2.00. The van der Waals surface area contributed by atoms with Crippen LogP contribution < -0.4 is 5.69 Å². The largest absolute Gasteiger partial charge is 0.377 e. The van der Waals surface area contributed by atoms with Crippen molar-refractivity contribution in [1.82, 2.24) is 10.1 Å². The fourth-order valence-electron chi connectivity index (χ4n) is 0.747. The summed E-state index contributed by atoms with van der Waals surface area (Å²) < 4.78 is 4.74. The second-order valence-electron chi connectivity index (χ2n) is 2.23. The van der Waals surface area contributed by atoms with Crippen LogP contribution in [0.2, 0.25) is 0 Å². The van der Waals surface area contributed by atoms with Gasteiger partial charge in [-0.2, -0.15) is 10.1 Å². The number of nitrogens with one attached hydrogen (secondary N) is 1. The van der Waals surface area contributed by atoms with Crippen LogP contribution in [0.5, 0.6) is 0 Å². The summed E-state index contributed by atoms with van der Waals surface area (Å²) >= 11 is 0. The Morgan fingerprint density at radius 2 is 2.44 bits per heavy atom. The standard InChI is InChI=1S/C5H6N2O2/c8-5-6-4(9-7-5)3-1-2-3/h3H,1-2H2,(H,7,8). The van der Waals surface area contributed by atoms with E-state index in [-0.39, 0.29) is 5.69 Å². The predicted molar refractivity (Wildman–Crippen MR) is 29.1 cm³/mol. The highest BCUT2D eigenvalue weighted by Crippen LogP contribution is 2.37. The van der Waals surface area contributed by atoms with E-state index in [0.29, 0.717) is 11.8 Å². The van der Waals surface area contributed by atoms with E-state index in [1.165, 1.54) is 0 Å². The Bertz CT molecular complexity index is 258. The number of aromatic nitrogens is 2. The predicted octanol–water partition coefficient (Wildman–Crippen LogP) is 0.240. The van der Waals surface area contributed by atoms with E-state index in [0.717, 1.165) is 12.8 Å². The Morgan fingerprint density at radius 3 is 2.89 bits per heavy atom. The molecule has 1 aromatic rings. The van der Waals surface area contributed by atoms with E-state index in [1.54, 1.807) is 0 Å². The van der Waals surface area contributed by atoms with Crippen LogP contribution in [-0.2, 0) is 0 Å². The SMILES string of the molecule is O=c1nc(C2CC2)o[nH]1. The second kappa shape index (κ2) is 1.46. The zero-order chi connectivity index (χ0) is 6.27. The first-order valence-corrected chi connectivity index (χ1v) is 2.91. The van der Waals surface area contributed by atoms with Gasteiger partial charge in [0.1, 0.15) is 0 Å². The summed E-state index contributed by atoms with van der Waals surface area (Å²) in [7, 11) is 0. The van der Waals surface area contributed by atoms with Crippen molar-refractivity contribution in [3.8, 4) is 0 Å². The van der Waals surface area contributed by atoms with E-state index < -0.39 is 0 Å². The van der Waals surface area contributed by atoms with Crippen LogP contribution in [0.3, 0.4) is 0 Å². The van der Waals surface area contributed by atoms with Crippen molar-refractivity contribution < 1.29 is 4.52 Å². The van der Waals surface area contributed by atoms with Crippen molar-refractivity contribution in [2.24, 2.45) is 0 Å². The van der Waals surface area contributed by atoms with Crippen LogP contribution in [0.25, 0.3) is 0 Å². The van der Waals surface area contributed by atoms with Gasteiger partial charge in [-0.25, -0.2) is 4.79 Å². The molecule has 4 heteroatoms. The molecule has 0 saturated heterocycles. The van der Waals surface area contributed by atoms with Gasteiger partial charge in [-0.15, -0.1) is 0 Å². The topological polar surface area (TPSA) is 58.9 Å². The van der Waals surface area contributed by atoms with E-state index in [4.69, 9.17) is 4.52 Å². The normalized spacial score (nSPS) is 18.2. The van der Waals surface area contributed by atoms with Gasteiger partial charge in [-0.05, 0) is 12.8 Å². The molecule has 2 rings (SSSR count). The van der Waals surface area contributed by atoms with Gasteiger partial charge < -0.3 is 4.52 Å². The number of rotatable bonds is 1. The summed E-state index contributed by atoms with van der Waals surface area (Å²) in [6, 6.07) is 0. The first-order valence-electron chi connectivity index (χ1n) is 2.91. The van der Waals surface area contributed by atoms with Crippen molar-refractivity contribution in [2.75, 3.05) is 0 Å². The summed E-state index contributed by atoms with van der Waals surface area (Å²) in [4.78, 5) is 14.0. The van der Waals surface area contributed by atoms with Crippen molar-refractivity contribution in [3.05, 3.63) is 16.4 Å². The molecule has 48 valence electrons. The summed E-state index contributed by atoms with van der Waals surface area (Å²) in [5.74, 6) is 0.990. The highest BCUT2D eigenvalue weighted by atomic mass is 16.5. The summed E-state index contributed by atoms with van der Waals surface area (Å²) in [5.41, 5.74) is -0.378. The number of aromatic amines is 1. The molecule has 0 aliphatic heterocycles. The maximum Gasteiger partial charge on any atom is 0.377 e. The first kappa shape index (κ1) is 4.78. The number of nitrogens with zero attached hydrogens (tertiary/aromatic N) is 1. The van der Waals surface area contributed by atoms with Gasteiger partial charge in [0.15, 0.2) is 0 Å². The number of hydrogen-bond acceptors (Lipinski definition) is 3. The van der Waals surface area contributed by atoms with Gasteiger partial charge >= 0.3 is 5.69 Å². The van der Waals surface area contributed by atoms with Crippen molar-refractivity contribution in [1.29, 1.82) is 0 Å². The van der Waals surface area contributed by atoms with E-state index in [9.17, 15) is 4.79 Å². The van der Waals surface area contributed by atoms with Crippen LogP contribution in [0.15, 0.2) is 9.32 Å². The van der Waals surface area contributed by atoms with Crippen LogP contribution >= 0.6 is 0 Å². The van der Waals surface area contributed by atoms with Gasteiger partial charge in [0.2, 0.25) is 5.89 Å². The number of hydrogen-bond donors (Lipinski definition) is 1. The van der Waals surface area contributed by atoms with E-state index >= 15 is 0 Å². The van der Waals surface area contributed by atoms with E-state index in [1.807, 2.05) is 0 Å². The summed E-state index contributed by atoms with van der Waals surface area (Å²) in [6.07, 6.45) is 2.21. The second-order valence-corrected chi connectivity index (χ2v) is 2.23. The highest BCUT2D eigenvalue weighted by Gasteiger charge is 2.28. The Labute approximate surface area is 50.9 Å². The van der Waals surface area contributed by atoms with Crippen molar-refractivity contribution in [2.45, 2.75) is 18.8 Å². The monoisotopic (exact) mass is 126 g/mol. The molecule has 0 aromatic carbocycles. The minimum absolute atomic E-state index is 0.378. The molecule has 0 radical (unpaired) electrons. The minimum atomic E-state index is -0.378. The van der Waals surface area contributed by atoms with E-state index in [2.05, 4.69) is 10.1 Å². The zero-order valence-corrected chi connectivity index (χ0v) is 4.76. The minimum Gasteiger partial charge on any atom is -0.362 e. The molecule has 1 aromatic heterocycles. The third kappa shape index (κ3) is 0.759. The van der Waals surface area contributed by atoms with Gasteiger partial charge in [-0.1, -0.05) is 0 Å². The van der Waals surface area contributed by atoms with Crippen molar-refractivity contribution in [3.63, 3.8) is 0 Å². The smallest absolute Gasteiger partial charge is 0.362 e. The molecule has 1 aliphatic rings. The quantitative estimate of drug-likeness (QED) is 0.586. The van der Waals surface area contributed by atoms with Crippen LogP contribution in [0.4, 0.5) is 0 Å². The molecule has 9 heavy (non-hydrogen) atoms. The summed E-state index contributed by atoms with van der Waals surface area (Å²) in [5, 5.41) is 2.15. The van der Waals surface area contributed by atoms with Crippen LogP contribution in [-0.4, -0.2) is 10.1 Å².